The Morgan fingerprint density at radius 1 is 1.32 bits per heavy atom. The summed E-state index contributed by atoms with van der Waals surface area (Å²) in [5.74, 6) is 0.734. The van der Waals surface area contributed by atoms with E-state index in [1.807, 2.05) is 24.5 Å². The number of rotatable bonds is 5. The molecular formula is C15H20BrN3. The molecule has 102 valence electrons. The van der Waals surface area contributed by atoms with E-state index in [0.717, 1.165) is 33.5 Å². The average molecular weight is 322 g/mol. The van der Waals surface area contributed by atoms with Crippen LogP contribution in [-0.2, 0) is 0 Å². The minimum Gasteiger partial charge on any atom is -0.381 e. The molecule has 3 nitrogen and oxygen atoms in total. The van der Waals surface area contributed by atoms with Gasteiger partial charge in [-0.1, -0.05) is 20.3 Å². The second-order valence-electron chi connectivity index (χ2n) is 5.17. The number of nitrogens with one attached hydrogen (secondary N) is 1. The Balaban J connectivity index is 2.21. The Bertz CT molecular complexity index is 556. The summed E-state index contributed by atoms with van der Waals surface area (Å²) >= 11 is 3.43. The van der Waals surface area contributed by atoms with E-state index in [1.165, 1.54) is 6.42 Å². The molecule has 2 aromatic rings. The monoisotopic (exact) mass is 321 g/mol. The third-order valence-corrected chi connectivity index (χ3v) is 3.83. The topological polar surface area (TPSA) is 37.8 Å². The van der Waals surface area contributed by atoms with E-state index in [9.17, 15) is 0 Å². The van der Waals surface area contributed by atoms with Crippen molar-refractivity contribution in [2.75, 3.05) is 5.32 Å². The summed E-state index contributed by atoms with van der Waals surface area (Å²) in [6.45, 7) is 6.74. The molecule has 0 bridgehead atoms. The lowest BCUT2D eigenvalue weighted by atomic mass is 10.0. The molecule has 0 aliphatic heterocycles. The lowest BCUT2D eigenvalue weighted by Gasteiger charge is -2.19. The molecule has 0 radical (unpaired) electrons. The number of hydrogen-bond acceptors (Lipinski definition) is 3. The summed E-state index contributed by atoms with van der Waals surface area (Å²) < 4.78 is 0.956. The fraction of sp³-hybridized carbons (Fsp3) is 0.467. The molecule has 4 heteroatoms. The van der Waals surface area contributed by atoms with E-state index in [2.05, 4.69) is 52.0 Å². The maximum Gasteiger partial charge on any atom is 0.112 e. The minimum absolute atomic E-state index is 0.436. The van der Waals surface area contributed by atoms with Crippen molar-refractivity contribution in [3.05, 3.63) is 29.0 Å². The van der Waals surface area contributed by atoms with Gasteiger partial charge in [-0.2, -0.15) is 0 Å². The number of pyridine rings is 2. The molecule has 0 fully saturated rings. The Kier molecular flexibility index (Phi) is 4.75. The lowest BCUT2D eigenvalue weighted by Crippen LogP contribution is -2.18. The van der Waals surface area contributed by atoms with Crippen molar-refractivity contribution >= 4 is 32.7 Å². The Hall–Kier alpha value is -1.16. The predicted molar refractivity (Wildman–Crippen MR) is 84.4 cm³/mol. The highest BCUT2D eigenvalue weighted by Crippen LogP contribution is 2.23. The van der Waals surface area contributed by atoms with Crippen LogP contribution in [0.25, 0.3) is 11.0 Å². The van der Waals surface area contributed by atoms with Gasteiger partial charge >= 0.3 is 0 Å². The van der Waals surface area contributed by atoms with Crippen molar-refractivity contribution in [2.24, 2.45) is 5.92 Å². The zero-order valence-corrected chi connectivity index (χ0v) is 13.2. The molecule has 0 aliphatic rings. The molecule has 0 saturated heterocycles. The van der Waals surface area contributed by atoms with E-state index in [-0.39, 0.29) is 0 Å². The Morgan fingerprint density at radius 2 is 2.11 bits per heavy atom. The highest BCUT2D eigenvalue weighted by atomic mass is 79.9. The Labute approximate surface area is 123 Å². The van der Waals surface area contributed by atoms with E-state index in [4.69, 9.17) is 0 Å². The van der Waals surface area contributed by atoms with Crippen molar-refractivity contribution in [1.82, 2.24) is 9.97 Å². The summed E-state index contributed by atoms with van der Waals surface area (Å²) in [6, 6.07) is 4.43. The van der Waals surface area contributed by atoms with Crippen molar-refractivity contribution in [1.29, 1.82) is 0 Å². The van der Waals surface area contributed by atoms with Crippen LogP contribution >= 0.6 is 15.9 Å². The molecule has 0 saturated carbocycles. The number of hydrogen-bond donors (Lipinski definition) is 1. The zero-order chi connectivity index (χ0) is 13.8. The van der Waals surface area contributed by atoms with Crippen LogP contribution in [-0.4, -0.2) is 16.0 Å². The van der Waals surface area contributed by atoms with Crippen molar-refractivity contribution in [3.8, 4) is 0 Å². The van der Waals surface area contributed by atoms with Crippen molar-refractivity contribution < 1.29 is 0 Å². The van der Waals surface area contributed by atoms with Gasteiger partial charge in [0.25, 0.3) is 0 Å². The molecular weight excluding hydrogens is 302 g/mol. The van der Waals surface area contributed by atoms with Gasteiger partial charge in [-0.15, -0.1) is 0 Å². The lowest BCUT2D eigenvalue weighted by molar-refractivity contribution is 0.484. The molecule has 1 N–H and O–H groups in total. The van der Waals surface area contributed by atoms with Crippen LogP contribution in [0.2, 0.25) is 0 Å². The maximum absolute atomic E-state index is 4.46. The van der Waals surface area contributed by atoms with Crippen molar-refractivity contribution in [2.45, 2.75) is 39.7 Å². The van der Waals surface area contributed by atoms with Gasteiger partial charge in [-0.05, 0) is 47.3 Å². The number of halogens is 1. The first kappa shape index (κ1) is 14.3. The van der Waals surface area contributed by atoms with Gasteiger partial charge in [-0.3, -0.25) is 9.97 Å². The van der Waals surface area contributed by atoms with Gasteiger partial charge in [-0.25, -0.2) is 0 Å². The summed E-state index contributed by atoms with van der Waals surface area (Å²) in [6.07, 6.45) is 6.02. The van der Waals surface area contributed by atoms with Crippen LogP contribution < -0.4 is 5.32 Å². The zero-order valence-electron chi connectivity index (χ0n) is 11.7. The quantitative estimate of drug-likeness (QED) is 0.872. The predicted octanol–water partition coefficient (Wildman–Crippen LogP) is 4.63. The second-order valence-corrected chi connectivity index (χ2v) is 6.09. The molecule has 2 rings (SSSR count). The average Bonchev–Trinajstić information content (AvgIpc) is 2.38. The third-order valence-electron chi connectivity index (χ3n) is 3.40. The molecule has 2 heterocycles. The molecule has 2 aromatic heterocycles. The first-order chi connectivity index (χ1) is 9.10. The SMILES string of the molecule is CCC(C)CC(C)Nc1ccnc2cc(Br)cnc12. The number of fused-ring (bicyclic) bond motifs is 1. The van der Waals surface area contributed by atoms with Crippen LogP contribution in [0.3, 0.4) is 0 Å². The van der Waals surface area contributed by atoms with E-state index < -0.39 is 0 Å². The van der Waals surface area contributed by atoms with E-state index in [1.54, 1.807) is 0 Å². The normalized spacial score (nSPS) is 14.3. The summed E-state index contributed by atoms with van der Waals surface area (Å²) in [5.41, 5.74) is 2.91. The first-order valence-corrected chi connectivity index (χ1v) is 7.56. The van der Waals surface area contributed by atoms with Crippen LogP contribution in [0.15, 0.2) is 29.0 Å². The van der Waals surface area contributed by atoms with Crippen molar-refractivity contribution in [3.63, 3.8) is 0 Å². The fourth-order valence-corrected chi connectivity index (χ4v) is 2.54. The minimum atomic E-state index is 0.436. The summed E-state index contributed by atoms with van der Waals surface area (Å²) in [5, 5.41) is 3.55. The number of aromatic nitrogens is 2. The van der Waals surface area contributed by atoms with Gasteiger partial charge in [0.15, 0.2) is 0 Å². The molecule has 2 atom stereocenters. The highest BCUT2D eigenvalue weighted by molar-refractivity contribution is 9.10. The first-order valence-electron chi connectivity index (χ1n) is 6.77. The second kappa shape index (κ2) is 6.33. The van der Waals surface area contributed by atoms with E-state index >= 15 is 0 Å². The van der Waals surface area contributed by atoms with Gasteiger partial charge < -0.3 is 5.32 Å². The van der Waals surface area contributed by atoms with Gasteiger partial charge in [0, 0.05) is 22.9 Å². The summed E-state index contributed by atoms with van der Waals surface area (Å²) in [7, 11) is 0. The van der Waals surface area contributed by atoms with Gasteiger partial charge in [0.1, 0.15) is 5.52 Å². The number of anilines is 1. The molecule has 0 amide bonds. The number of nitrogens with zero attached hydrogens (tertiary/aromatic N) is 2. The molecule has 0 aliphatic carbocycles. The summed E-state index contributed by atoms with van der Waals surface area (Å²) in [4.78, 5) is 8.82. The van der Waals surface area contributed by atoms with E-state index in [0.29, 0.717) is 6.04 Å². The van der Waals surface area contributed by atoms with Crippen LogP contribution in [0, 0.1) is 5.92 Å². The highest BCUT2D eigenvalue weighted by Gasteiger charge is 2.10. The van der Waals surface area contributed by atoms with Gasteiger partial charge in [0.05, 0.1) is 11.2 Å². The van der Waals surface area contributed by atoms with Crippen LogP contribution in [0.5, 0.6) is 0 Å². The van der Waals surface area contributed by atoms with Gasteiger partial charge in [0.2, 0.25) is 0 Å². The molecule has 0 aromatic carbocycles. The van der Waals surface area contributed by atoms with Crippen LogP contribution in [0.4, 0.5) is 5.69 Å². The Morgan fingerprint density at radius 3 is 2.84 bits per heavy atom. The standard InChI is InChI=1S/C15H20BrN3/c1-4-10(2)7-11(3)19-13-5-6-17-14-8-12(16)9-18-15(13)14/h5-6,8-11H,4,7H2,1-3H3,(H,17,19). The smallest absolute Gasteiger partial charge is 0.112 e. The third kappa shape index (κ3) is 3.66. The molecule has 0 spiro atoms. The van der Waals surface area contributed by atoms with Crippen LogP contribution in [0.1, 0.15) is 33.6 Å². The maximum atomic E-state index is 4.46. The molecule has 2 unspecified atom stereocenters. The largest absolute Gasteiger partial charge is 0.381 e. The molecule has 19 heavy (non-hydrogen) atoms. The fourth-order valence-electron chi connectivity index (χ4n) is 2.22.